The number of piperidine rings is 1. The van der Waals surface area contributed by atoms with E-state index < -0.39 is 12.1 Å². The van der Waals surface area contributed by atoms with Gasteiger partial charge in [-0.25, -0.2) is 4.98 Å². The van der Waals surface area contributed by atoms with Crippen LogP contribution in [0.15, 0.2) is 16.7 Å². The van der Waals surface area contributed by atoms with Crippen LogP contribution in [-0.4, -0.2) is 43.2 Å². The van der Waals surface area contributed by atoms with E-state index in [0.29, 0.717) is 19.6 Å². The first-order valence-electron chi connectivity index (χ1n) is 6.89. The number of pyridine rings is 1. The summed E-state index contributed by atoms with van der Waals surface area (Å²) in [6, 6.07) is 3.77. The Hall–Kier alpha value is -0.820. The Bertz CT molecular complexity index is 483. The van der Waals surface area contributed by atoms with Crippen molar-refractivity contribution in [3.05, 3.63) is 22.4 Å². The predicted molar refractivity (Wildman–Crippen MR) is 80.3 cm³/mol. The first kappa shape index (κ1) is 16.5. The zero-order valence-corrected chi connectivity index (χ0v) is 13.7. The number of halogens is 4. The van der Waals surface area contributed by atoms with Crippen molar-refractivity contribution in [1.29, 1.82) is 0 Å². The summed E-state index contributed by atoms with van der Waals surface area (Å²) in [5.74, 6) is -1.17. The zero-order chi connectivity index (χ0) is 15.6. The summed E-state index contributed by atoms with van der Waals surface area (Å²) in [6.45, 7) is 1.51. The van der Waals surface area contributed by atoms with Crippen LogP contribution in [0.2, 0.25) is 0 Å². The molecular formula is C14H19BrF3N3. The Morgan fingerprint density at radius 1 is 1.29 bits per heavy atom. The minimum Gasteiger partial charge on any atom is -0.370 e. The normalized spacial score (nSPS) is 17.6. The van der Waals surface area contributed by atoms with E-state index in [1.54, 1.807) is 0 Å². The van der Waals surface area contributed by atoms with Gasteiger partial charge in [0.25, 0.3) is 0 Å². The maximum atomic E-state index is 12.7. The molecule has 21 heavy (non-hydrogen) atoms. The summed E-state index contributed by atoms with van der Waals surface area (Å²) in [5.41, 5.74) is 1.83. The van der Waals surface area contributed by atoms with Crippen molar-refractivity contribution in [2.75, 3.05) is 32.1 Å². The van der Waals surface area contributed by atoms with Crippen LogP contribution in [0.3, 0.4) is 0 Å². The van der Waals surface area contributed by atoms with Crippen LogP contribution in [0.1, 0.15) is 18.5 Å². The lowest BCUT2D eigenvalue weighted by Gasteiger charge is -2.35. The highest BCUT2D eigenvalue weighted by Crippen LogP contribution is 2.36. The lowest BCUT2D eigenvalue weighted by Crippen LogP contribution is -2.39. The molecule has 0 atom stereocenters. The minimum atomic E-state index is -4.07. The van der Waals surface area contributed by atoms with E-state index in [1.807, 2.05) is 36.0 Å². The summed E-state index contributed by atoms with van der Waals surface area (Å²) in [4.78, 5) is 8.48. The number of nitrogens with zero attached hydrogens (tertiary/aromatic N) is 3. The van der Waals surface area contributed by atoms with Crippen LogP contribution in [-0.2, 0) is 6.54 Å². The molecule has 0 bridgehead atoms. The fraction of sp³-hybridized carbons (Fsp3) is 0.643. The van der Waals surface area contributed by atoms with Crippen LogP contribution in [0, 0.1) is 5.92 Å². The van der Waals surface area contributed by atoms with Crippen molar-refractivity contribution >= 4 is 21.6 Å². The number of anilines is 1. The van der Waals surface area contributed by atoms with Crippen molar-refractivity contribution in [3.8, 4) is 0 Å². The zero-order valence-electron chi connectivity index (χ0n) is 12.1. The quantitative estimate of drug-likeness (QED) is 0.761. The van der Waals surface area contributed by atoms with Crippen LogP contribution in [0.25, 0.3) is 0 Å². The highest BCUT2D eigenvalue weighted by atomic mass is 79.9. The maximum Gasteiger partial charge on any atom is 0.391 e. The molecule has 118 valence electrons. The molecule has 0 amide bonds. The van der Waals surface area contributed by atoms with Gasteiger partial charge >= 0.3 is 6.18 Å². The Labute approximate surface area is 131 Å². The molecular weight excluding hydrogens is 347 g/mol. The average Bonchev–Trinajstić information content (AvgIpc) is 2.37. The van der Waals surface area contributed by atoms with Gasteiger partial charge in [0.15, 0.2) is 0 Å². The largest absolute Gasteiger partial charge is 0.391 e. The van der Waals surface area contributed by atoms with Gasteiger partial charge in [-0.3, -0.25) is 0 Å². The van der Waals surface area contributed by atoms with Gasteiger partial charge in [-0.1, -0.05) is 0 Å². The number of rotatable bonds is 3. The lowest BCUT2D eigenvalue weighted by atomic mass is 9.96. The SMILES string of the molecule is CN(C)Cc1nc(Br)ccc1N1CCC(C(F)(F)F)CC1. The molecule has 0 aromatic carbocycles. The van der Waals surface area contributed by atoms with Gasteiger partial charge in [0.05, 0.1) is 17.3 Å². The summed E-state index contributed by atoms with van der Waals surface area (Å²) >= 11 is 3.35. The number of hydrogen-bond donors (Lipinski definition) is 0. The Morgan fingerprint density at radius 3 is 2.43 bits per heavy atom. The van der Waals surface area contributed by atoms with E-state index in [4.69, 9.17) is 0 Å². The molecule has 0 spiro atoms. The molecule has 1 fully saturated rings. The summed E-state index contributed by atoms with van der Waals surface area (Å²) < 4.78 is 38.9. The average molecular weight is 366 g/mol. The molecule has 0 saturated carbocycles. The monoisotopic (exact) mass is 365 g/mol. The van der Waals surface area contributed by atoms with Gasteiger partial charge < -0.3 is 9.80 Å². The second-order valence-electron chi connectivity index (χ2n) is 5.64. The van der Waals surface area contributed by atoms with E-state index in [-0.39, 0.29) is 12.8 Å². The van der Waals surface area contributed by atoms with Crippen LogP contribution < -0.4 is 4.90 Å². The smallest absolute Gasteiger partial charge is 0.370 e. The van der Waals surface area contributed by atoms with Crippen LogP contribution >= 0.6 is 15.9 Å². The second kappa shape index (κ2) is 6.52. The fourth-order valence-corrected chi connectivity index (χ4v) is 2.97. The maximum absolute atomic E-state index is 12.7. The second-order valence-corrected chi connectivity index (χ2v) is 6.45. The van der Waals surface area contributed by atoms with Crippen molar-refractivity contribution in [2.45, 2.75) is 25.6 Å². The molecule has 0 radical (unpaired) electrons. The van der Waals surface area contributed by atoms with Gasteiger partial charge in [-0.15, -0.1) is 0 Å². The van der Waals surface area contributed by atoms with Crippen molar-refractivity contribution in [2.24, 2.45) is 5.92 Å². The Kier molecular flexibility index (Phi) is 5.14. The van der Waals surface area contributed by atoms with Crippen molar-refractivity contribution in [3.63, 3.8) is 0 Å². The highest BCUT2D eigenvalue weighted by Gasteiger charge is 2.41. The molecule has 1 saturated heterocycles. The van der Waals surface area contributed by atoms with E-state index >= 15 is 0 Å². The summed E-state index contributed by atoms with van der Waals surface area (Å²) in [6.07, 6.45) is -3.77. The van der Waals surface area contributed by atoms with Crippen LogP contribution in [0.5, 0.6) is 0 Å². The molecule has 0 aliphatic carbocycles. The molecule has 3 nitrogen and oxygen atoms in total. The van der Waals surface area contributed by atoms with Gasteiger partial charge in [-0.2, -0.15) is 13.2 Å². The molecule has 1 aliphatic heterocycles. The topological polar surface area (TPSA) is 19.4 Å². The Morgan fingerprint density at radius 2 is 1.90 bits per heavy atom. The summed E-state index contributed by atoms with van der Waals surface area (Å²) in [7, 11) is 3.89. The van der Waals surface area contributed by atoms with E-state index in [9.17, 15) is 13.2 Å². The van der Waals surface area contributed by atoms with E-state index in [0.717, 1.165) is 16.0 Å². The standard InChI is InChI=1S/C14H19BrF3N3/c1-20(2)9-11-12(3-4-13(15)19-11)21-7-5-10(6-8-21)14(16,17)18/h3-4,10H,5-9H2,1-2H3. The number of alkyl halides is 3. The first-order chi connectivity index (χ1) is 9.77. The third-order valence-corrected chi connectivity index (χ3v) is 4.12. The third-order valence-electron chi connectivity index (χ3n) is 3.68. The molecule has 0 unspecified atom stereocenters. The van der Waals surface area contributed by atoms with Crippen molar-refractivity contribution < 1.29 is 13.2 Å². The lowest BCUT2D eigenvalue weighted by molar-refractivity contribution is -0.179. The molecule has 7 heteroatoms. The first-order valence-corrected chi connectivity index (χ1v) is 7.68. The predicted octanol–water partition coefficient (Wildman–Crippen LogP) is 3.68. The summed E-state index contributed by atoms with van der Waals surface area (Å²) in [5, 5.41) is 0. The van der Waals surface area contributed by atoms with Crippen molar-refractivity contribution in [1.82, 2.24) is 9.88 Å². The molecule has 2 heterocycles. The molecule has 1 aliphatic rings. The highest BCUT2D eigenvalue weighted by molar-refractivity contribution is 9.10. The van der Waals surface area contributed by atoms with Gasteiger partial charge in [0, 0.05) is 19.6 Å². The molecule has 2 rings (SSSR count). The molecule has 1 aromatic rings. The van der Waals surface area contributed by atoms with E-state index in [1.165, 1.54) is 0 Å². The number of hydrogen-bond acceptors (Lipinski definition) is 3. The van der Waals surface area contributed by atoms with Gasteiger partial charge in [0.2, 0.25) is 0 Å². The van der Waals surface area contributed by atoms with Crippen LogP contribution in [0.4, 0.5) is 18.9 Å². The number of aromatic nitrogens is 1. The minimum absolute atomic E-state index is 0.154. The van der Waals surface area contributed by atoms with Gasteiger partial charge in [0.1, 0.15) is 4.60 Å². The molecule has 1 aromatic heterocycles. The van der Waals surface area contributed by atoms with E-state index in [2.05, 4.69) is 20.9 Å². The fourth-order valence-electron chi connectivity index (χ4n) is 2.62. The third kappa shape index (κ3) is 4.32. The Balaban J connectivity index is 2.13. The van der Waals surface area contributed by atoms with Gasteiger partial charge in [-0.05, 0) is 55.0 Å². The molecule has 0 N–H and O–H groups in total.